The average Bonchev–Trinajstić information content (AvgIpc) is 3.45. The zero-order valence-corrected chi connectivity index (χ0v) is 21.6. The molecule has 1 heterocycles. The monoisotopic (exact) mass is 505 g/mol. The lowest BCUT2D eigenvalue weighted by Crippen LogP contribution is -2.52. The molecule has 3 N–H and O–H groups in total. The highest BCUT2D eigenvalue weighted by Gasteiger charge is 2.22. The summed E-state index contributed by atoms with van der Waals surface area (Å²) in [5.41, 5.74) is 2.74. The number of hydrogen-bond donors (Lipinski definition) is 3. The van der Waals surface area contributed by atoms with Gasteiger partial charge in [0.1, 0.15) is 12.4 Å². The number of rotatable bonds is 13. The first-order chi connectivity index (χ1) is 17.9. The van der Waals surface area contributed by atoms with Crippen LogP contribution in [0.25, 0.3) is 5.69 Å². The van der Waals surface area contributed by atoms with Crippen molar-refractivity contribution < 1.29 is 14.4 Å². The molecule has 0 spiro atoms. The van der Waals surface area contributed by atoms with Gasteiger partial charge in [-0.3, -0.25) is 14.4 Å². The van der Waals surface area contributed by atoms with Gasteiger partial charge in [0.25, 0.3) is 11.8 Å². The second kappa shape index (κ2) is 13.9. The number of hydrogen-bond acceptors (Lipinski definition) is 6. The molecular formula is C27H35N7O3. The topological polar surface area (TPSA) is 131 Å². The predicted octanol–water partition coefficient (Wildman–Crippen LogP) is 2.70. The maximum Gasteiger partial charge on any atom is 0.251 e. The molecule has 1 atom stereocenters. The Morgan fingerprint density at radius 1 is 0.919 bits per heavy atom. The smallest absolute Gasteiger partial charge is 0.251 e. The van der Waals surface area contributed by atoms with Crippen LogP contribution in [0.5, 0.6) is 0 Å². The van der Waals surface area contributed by atoms with E-state index in [4.69, 9.17) is 0 Å². The molecule has 0 saturated carbocycles. The zero-order valence-electron chi connectivity index (χ0n) is 21.6. The van der Waals surface area contributed by atoms with Crippen LogP contribution in [0.4, 0.5) is 0 Å². The maximum atomic E-state index is 12.9. The van der Waals surface area contributed by atoms with Crippen molar-refractivity contribution in [3.05, 3.63) is 71.5 Å². The van der Waals surface area contributed by atoms with E-state index in [9.17, 15) is 14.4 Å². The minimum atomic E-state index is -0.927. The van der Waals surface area contributed by atoms with E-state index in [1.807, 2.05) is 12.1 Å². The molecule has 0 radical (unpaired) electrons. The largest absolute Gasteiger partial charge is 0.354 e. The minimum absolute atomic E-state index is 0.0542. The van der Waals surface area contributed by atoms with Crippen LogP contribution in [-0.2, 0) is 11.2 Å². The first kappa shape index (κ1) is 27.5. The summed E-state index contributed by atoms with van der Waals surface area (Å²) in [7, 11) is 0. The van der Waals surface area contributed by atoms with E-state index in [0.29, 0.717) is 29.3 Å². The van der Waals surface area contributed by atoms with Gasteiger partial charge in [0.2, 0.25) is 5.91 Å². The van der Waals surface area contributed by atoms with Crippen molar-refractivity contribution >= 4 is 17.7 Å². The number of benzene rings is 2. The third-order valence-electron chi connectivity index (χ3n) is 5.89. The molecule has 10 nitrogen and oxygen atoms in total. The first-order valence-electron chi connectivity index (χ1n) is 12.7. The summed E-state index contributed by atoms with van der Waals surface area (Å²) < 4.78 is 1.48. The van der Waals surface area contributed by atoms with Crippen LogP contribution in [0.3, 0.4) is 0 Å². The third kappa shape index (κ3) is 8.52. The van der Waals surface area contributed by atoms with Crippen LogP contribution in [0.15, 0.2) is 54.9 Å². The normalized spacial score (nSPS) is 11.7. The fraction of sp³-hybridized carbons (Fsp3) is 0.407. The fourth-order valence-electron chi connectivity index (χ4n) is 3.60. The number of nitrogens with one attached hydrogen (secondary N) is 3. The summed E-state index contributed by atoms with van der Waals surface area (Å²) in [6.45, 7) is 6.71. The Balaban J connectivity index is 1.63. The summed E-state index contributed by atoms with van der Waals surface area (Å²) >= 11 is 0. The molecule has 37 heavy (non-hydrogen) atoms. The van der Waals surface area contributed by atoms with Crippen molar-refractivity contribution in [1.82, 2.24) is 36.2 Å². The average molecular weight is 506 g/mol. The Kier molecular flexibility index (Phi) is 10.3. The van der Waals surface area contributed by atoms with Crippen molar-refractivity contribution in [1.29, 1.82) is 0 Å². The van der Waals surface area contributed by atoms with Crippen molar-refractivity contribution in [2.24, 2.45) is 5.92 Å². The zero-order chi connectivity index (χ0) is 26.6. The van der Waals surface area contributed by atoms with Crippen molar-refractivity contribution in [3.8, 4) is 5.69 Å². The Morgan fingerprint density at radius 2 is 1.59 bits per heavy atom. The van der Waals surface area contributed by atoms with Gasteiger partial charge in [-0.2, -0.15) is 0 Å². The van der Waals surface area contributed by atoms with E-state index < -0.39 is 6.04 Å². The molecule has 3 amide bonds. The quantitative estimate of drug-likeness (QED) is 0.327. The van der Waals surface area contributed by atoms with Gasteiger partial charge in [0.05, 0.1) is 5.69 Å². The van der Waals surface area contributed by atoms with E-state index in [1.165, 1.54) is 16.6 Å². The van der Waals surface area contributed by atoms with E-state index >= 15 is 0 Å². The van der Waals surface area contributed by atoms with E-state index in [0.717, 1.165) is 25.7 Å². The number of aryl methyl sites for hydroxylation is 1. The summed E-state index contributed by atoms with van der Waals surface area (Å²) in [4.78, 5) is 38.5. The predicted molar refractivity (Wildman–Crippen MR) is 140 cm³/mol. The number of tetrazole rings is 1. The Hall–Kier alpha value is -4.08. The van der Waals surface area contributed by atoms with E-state index in [-0.39, 0.29) is 24.3 Å². The molecule has 0 bridgehead atoms. The SMILES string of the molecule is CCCCc1ccc(C(=O)N[C@@H](CNC(=O)c2ccc(-n3cnnn3)cc2)C(=O)NCCC(C)C)cc1. The minimum Gasteiger partial charge on any atom is -0.354 e. The molecule has 3 rings (SSSR count). The van der Waals surface area contributed by atoms with E-state index in [2.05, 4.69) is 52.2 Å². The summed E-state index contributed by atoms with van der Waals surface area (Å²) in [5, 5.41) is 19.4. The lowest BCUT2D eigenvalue weighted by Gasteiger charge is -2.20. The highest BCUT2D eigenvalue weighted by molar-refractivity contribution is 5.98. The fourth-order valence-corrected chi connectivity index (χ4v) is 3.60. The van der Waals surface area contributed by atoms with Gasteiger partial charge in [-0.15, -0.1) is 5.10 Å². The van der Waals surface area contributed by atoms with Gasteiger partial charge < -0.3 is 16.0 Å². The van der Waals surface area contributed by atoms with E-state index in [1.54, 1.807) is 36.4 Å². The Labute approximate surface area is 217 Å². The number of unbranched alkanes of at least 4 members (excludes halogenated alkanes) is 1. The van der Waals surface area contributed by atoms with Crippen molar-refractivity contribution in [2.45, 2.75) is 52.5 Å². The van der Waals surface area contributed by atoms with Crippen LogP contribution in [0, 0.1) is 5.92 Å². The Morgan fingerprint density at radius 3 is 2.22 bits per heavy atom. The molecular weight excluding hydrogens is 470 g/mol. The molecule has 0 aliphatic heterocycles. The van der Waals surface area contributed by atoms with Crippen LogP contribution < -0.4 is 16.0 Å². The van der Waals surface area contributed by atoms with Gasteiger partial charge in [-0.1, -0.05) is 39.3 Å². The second-order valence-corrected chi connectivity index (χ2v) is 9.31. The van der Waals surface area contributed by atoms with Crippen LogP contribution in [-0.4, -0.2) is 57.1 Å². The van der Waals surface area contributed by atoms with Crippen molar-refractivity contribution in [2.75, 3.05) is 13.1 Å². The van der Waals surface area contributed by atoms with Gasteiger partial charge in [-0.25, -0.2) is 4.68 Å². The van der Waals surface area contributed by atoms with Gasteiger partial charge in [0.15, 0.2) is 0 Å². The number of amides is 3. The maximum absolute atomic E-state index is 12.9. The molecule has 3 aromatic rings. The molecule has 0 saturated heterocycles. The molecule has 0 aliphatic rings. The van der Waals surface area contributed by atoms with Crippen LogP contribution in [0.2, 0.25) is 0 Å². The summed E-state index contributed by atoms with van der Waals surface area (Å²) in [6, 6.07) is 13.2. The molecule has 1 aromatic heterocycles. The molecule has 10 heteroatoms. The molecule has 196 valence electrons. The Bertz CT molecular complexity index is 1140. The lowest BCUT2D eigenvalue weighted by atomic mass is 10.1. The third-order valence-corrected chi connectivity index (χ3v) is 5.89. The number of nitrogens with zero attached hydrogens (tertiary/aromatic N) is 4. The van der Waals surface area contributed by atoms with Gasteiger partial charge in [-0.05, 0) is 77.6 Å². The van der Waals surface area contributed by atoms with Gasteiger partial charge in [0, 0.05) is 24.2 Å². The van der Waals surface area contributed by atoms with Crippen LogP contribution in [0.1, 0.15) is 66.3 Å². The lowest BCUT2D eigenvalue weighted by molar-refractivity contribution is -0.122. The second-order valence-electron chi connectivity index (χ2n) is 9.31. The first-order valence-corrected chi connectivity index (χ1v) is 12.7. The molecule has 0 unspecified atom stereocenters. The summed E-state index contributed by atoms with van der Waals surface area (Å²) in [6.07, 6.45) is 5.42. The summed E-state index contributed by atoms with van der Waals surface area (Å²) in [5.74, 6) is -0.651. The highest BCUT2D eigenvalue weighted by Crippen LogP contribution is 2.09. The molecule has 0 aliphatic carbocycles. The number of carbonyl (C=O) groups is 3. The van der Waals surface area contributed by atoms with Crippen LogP contribution >= 0.6 is 0 Å². The number of carbonyl (C=O) groups excluding carboxylic acids is 3. The molecule has 2 aromatic carbocycles. The highest BCUT2D eigenvalue weighted by atomic mass is 16.2. The number of aromatic nitrogens is 4. The standard InChI is InChI=1S/C27H35N7O3/c1-4-5-6-20-7-9-22(10-8-20)26(36)31-24(27(37)28-16-15-19(2)3)17-29-25(35)21-11-13-23(14-12-21)34-18-30-32-33-34/h7-14,18-19,24H,4-6,15-17H2,1-3H3,(H,28,37)(H,29,35)(H,31,36)/t24-/m0/s1. The van der Waals surface area contributed by atoms with Crippen molar-refractivity contribution in [3.63, 3.8) is 0 Å². The molecule has 0 fully saturated rings. The van der Waals surface area contributed by atoms with Gasteiger partial charge >= 0.3 is 0 Å².